The van der Waals surface area contributed by atoms with Crippen molar-refractivity contribution in [3.05, 3.63) is 97.3 Å². The predicted octanol–water partition coefficient (Wildman–Crippen LogP) is 2.21. The van der Waals surface area contributed by atoms with E-state index in [-0.39, 0.29) is 17.3 Å². The van der Waals surface area contributed by atoms with Crippen molar-refractivity contribution >= 4 is 23.2 Å². The Morgan fingerprint density at radius 1 is 0.906 bits per heavy atom. The van der Waals surface area contributed by atoms with E-state index >= 15 is 0 Å². The number of para-hydroxylation sites is 1. The topological polar surface area (TPSA) is 125 Å². The number of fused-ring (bicyclic) bond motifs is 6. The van der Waals surface area contributed by atoms with Gasteiger partial charge in [-0.05, 0) is 32.0 Å². The quantitative estimate of drug-likeness (QED) is 0.371. The SMILES string of the molecule is Cc1ccc2c(c1)[C@]1(C(=O)N2)c2c(C)nn(-c3ccccc3)c2Nc2[nH]c(=O)[nH]c(=O)c21. The highest BCUT2D eigenvalue weighted by molar-refractivity contribution is 6.14. The Kier molecular flexibility index (Phi) is 3.48. The zero-order valence-corrected chi connectivity index (χ0v) is 17.2. The fourth-order valence-electron chi connectivity index (χ4n) is 4.94. The summed E-state index contributed by atoms with van der Waals surface area (Å²) >= 11 is 0. The first kappa shape index (κ1) is 18.4. The molecule has 6 rings (SSSR count). The van der Waals surface area contributed by atoms with Crippen LogP contribution in [0.15, 0.2) is 58.1 Å². The summed E-state index contributed by atoms with van der Waals surface area (Å²) in [5, 5.41) is 10.8. The van der Waals surface area contributed by atoms with Gasteiger partial charge in [0.15, 0.2) is 0 Å². The standard InChI is InChI=1S/C23H18N6O3/c1-11-8-9-15-14(10-11)23(21(31)24-15)16-12(2)28-29(13-6-4-3-5-7-13)19(16)25-18-17(23)20(30)27-22(32)26-18/h3-10H,1-2H3,(H,24,31)(H3,25,26,27,30,32)/t23-/m0/s1. The number of benzene rings is 2. The molecule has 2 aliphatic heterocycles. The van der Waals surface area contributed by atoms with Crippen LogP contribution in [0.25, 0.3) is 5.69 Å². The van der Waals surface area contributed by atoms with Gasteiger partial charge in [-0.3, -0.25) is 19.6 Å². The summed E-state index contributed by atoms with van der Waals surface area (Å²) in [6.45, 7) is 3.74. The fraction of sp³-hybridized carbons (Fsp3) is 0.130. The molecule has 0 saturated carbocycles. The molecule has 0 radical (unpaired) electrons. The Balaban J connectivity index is 1.80. The molecule has 2 aromatic carbocycles. The van der Waals surface area contributed by atoms with Gasteiger partial charge in [-0.15, -0.1) is 0 Å². The number of aryl methyl sites for hydroxylation is 2. The summed E-state index contributed by atoms with van der Waals surface area (Å²) in [5.41, 5.74) is 1.55. The molecule has 0 aliphatic carbocycles. The Hall–Kier alpha value is -4.40. The number of hydrogen-bond acceptors (Lipinski definition) is 5. The highest BCUT2D eigenvalue weighted by Gasteiger charge is 2.58. The van der Waals surface area contributed by atoms with E-state index in [0.29, 0.717) is 28.3 Å². The van der Waals surface area contributed by atoms with Crippen LogP contribution in [0.2, 0.25) is 0 Å². The average Bonchev–Trinajstić information content (AvgIpc) is 3.23. The molecule has 1 spiro atoms. The first-order chi connectivity index (χ1) is 15.4. The largest absolute Gasteiger partial charge is 0.327 e. The second-order valence-electron chi connectivity index (χ2n) is 8.09. The van der Waals surface area contributed by atoms with Crippen LogP contribution >= 0.6 is 0 Å². The van der Waals surface area contributed by atoms with E-state index in [1.165, 1.54) is 0 Å². The lowest BCUT2D eigenvalue weighted by Gasteiger charge is -2.34. The van der Waals surface area contributed by atoms with E-state index in [1.807, 2.05) is 62.4 Å². The van der Waals surface area contributed by atoms with Crippen LogP contribution in [0, 0.1) is 13.8 Å². The Labute approximate surface area is 181 Å². The van der Waals surface area contributed by atoms with Crippen molar-refractivity contribution in [1.29, 1.82) is 0 Å². The third-order valence-corrected chi connectivity index (χ3v) is 6.17. The first-order valence-corrected chi connectivity index (χ1v) is 10.1. The Morgan fingerprint density at radius 2 is 1.69 bits per heavy atom. The number of rotatable bonds is 1. The zero-order valence-electron chi connectivity index (χ0n) is 17.2. The molecule has 0 unspecified atom stereocenters. The summed E-state index contributed by atoms with van der Waals surface area (Å²) in [6.07, 6.45) is 0. The van der Waals surface area contributed by atoms with Crippen molar-refractivity contribution in [3.63, 3.8) is 0 Å². The molecule has 4 aromatic rings. The molecule has 1 amide bonds. The van der Waals surface area contributed by atoms with Gasteiger partial charge >= 0.3 is 5.69 Å². The number of nitrogens with one attached hydrogen (secondary N) is 4. The van der Waals surface area contributed by atoms with Crippen molar-refractivity contribution < 1.29 is 4.79 Å². The van der Waals surface area contributed by atoms with Gasteiger partial charge < -0.3 is 10.6 Å². The monoisotopic (exact) mass is 426 g/mol. The van der Waals surface area contributed by atoms with Crippen molar-refractivity contribution in [2.75, 3.05) is 10.6 Å². The van der Waals surface area contributed by atoms with Gasteiger partial charge in [0, 0.05) is 16.8 Å². The number of anilines is 3. The van der Waals surface area contributed by atoms with E-state index in [1.54, 1.807) is 4.68 Å². The van der Waals surface area contributed by atoms with E-state index < -0.39 is 16.7 Å². The maximum absolute atomic E-state index is 13.8. The maximum Gasteiger partial charge on any atom is 0.327 e. The highest BCUT2D eigenvalue weighted by atomic mass is 16.2. The van der Waals surface area contributed by atoms with Crippen LogP contribution in [-0.2, 0) is 10.2 Å². The molecular weight excluding hydrogens is 408 g/mol. The Bertz CT molecular complexity index is 1560. The molecule has 4 N–H and O–H groups in total. The number of hydrogen-bond donors (Lipinski definition) is 4. The summed E-state index contributed by atoms with van der Waals surface area (Å²) in [6, 6.07) is 15.1. The van der Waals surface area contributed by atoms with Crippen molar-refractivity contribution in [1.82, 2.24) is 19.7 Å². The van der Waals surface area contributed by atoms with Crippen molar-refractivity contribution in [2.45, 2.75) is 19.3 Å². The number of H-pyrrole nitrogens is 2. The van der Waals surface area contributed by atoms with Crippen LogP contribution in [0.1, 0.15) is 27.9 Å². The number of carbonyl (C=O) groups is 1. The number of carbonyl (C=O) groups excluding carboxylic acids is 1. The molecule has 2 aliphatic rings. The van der Waals surface area contributed by atoms with Crippen LogP contribution in [0.3, 0.4) is 0 Å². The molecule has 158 valence electrons. The summed E-state index contributed by atoms with van der Waals surface area (Å²) in [5.74, 6) is 0.329. The van der Waals surface area contributed by atoms with E-state index in [4.69, 9.17) is 5.10 Å². The second-order valence-corrected chi connectivity index (χ2v) is 8.09. The lowest BCUT2D eigenvalue weighted by atomic mass is 9.68. The number of aromatic nitrogens is 4. The summed E-state index contributed by atoms with van der Waals surface area (Å²) < 4.78 is 1.69. The number of amides is 1. The van der Waals surface area contributed by atoms with E-state index in [9.17, 15) is 14.4 Å². The molecule has 0 fully saturated rings. The molecule has 1 atom stereocenters. The molecule has 2 aromatic heterocycles. The van der Waals surface area contributed by atoms with Crippen LogP contribution < -0.4 is 21.9 Å². The molecule has 32 heavy (non-hydrogen) atoms. The molecular formula is C23H18N6O3. The number of nitrogens with zero attached hydrogens (tertiary/aromatic N) is 2. The van der Waals surface area contributed by atoms with E-state index in [2.05, 4.69) is 20.6 Å². The minimum absolute atomic E-state index is 0.141. The van der Waals surface area contributed by atoms with Gasteiger partial charge in [0.05, 0.1) is 16.9 Å². The third kappa shape index (κ3) is 2.16. The van der Waals surface area contributed by atoms with Gasteiger partial charge in [-0.1, -0.05) is 35.9 Å². The summed E-state index contributed by atoms with van der Waals surface area (Å²) in [4.78, 5) is 44.0. The van der Waals surface area contributed by atoms with Gasteiger partial charge in [0.1, 0.15) is 17.1 Å². The molecule has 4 heterocycles. The van der Waals surface area contributed by atoms with Crippen molar-refractivity contribution in [3.8, 4) is 5.69 Å². The minimum atomic E-state index is -1.47. The predicted molar refractivity (Wildman–Crippen MR) is 119 cm³/mol. The van der Waals surface area contributed by atoms with Crippen LogP contribution in [-0.4, -0.2) is 25.7 Å². The smallest absolute Gasteiger partial charge is 0.326 e. The average molecular weight is 426 g/mol. The van der Waals surface area contributed by atoms with Gasteiger partial charge in [-0.25, -0.2) is 9.48 Å². The number of aromatic amines is 2. The van der Waals surface area contributed by atoms with Crippen molar-refractivity contribution in [2.24, 2.45) is 0 Å². The van der Waals surface area contributed by atoms with E-state index in [0.717, 1.165) is 11.3 Å². The normalized spacial score (nSPS) is 18.0. The lowest BCUT2D eigenvalue weighted by molar-refractivity contribution is -0.118. The maximum atomic E-state index is 13.8. The molecule has 9 heteroatoms. The molecule has 0 bridgehead atoms. The molecule has 0 saturated heterocycles. The minimum Gasteiger partial charge on any atom is -0.326 e. The van der Waals surface area contributed by atoms with Crippen LogP contribution in [0.5, 0.6) is 0 Å². The van der Waals surface area contributed by atoms with Gasteiger partial charge in [0.25, 0.3) is 5.56 Å². The highest BCUT2D eigenvalue weighted by Crippen LogP contribution is 2.54. The second kappa shape index (κ2) is 6.07. The Morgan fingerprint density at radius 3 is 2.47 bits per heavy atom. The van der Waals surface area contributed by atoms with Gasteiger partial charge in [-0.2, -0.15) is 5.10 Å². The fourth-order valence-corrected chi connectivity index (χ4v) is 4.94. The van der Waals surface area contributed by atoms with Crippen LogP contribution in [0.4, 0.5) is 17.3 Å². The first-order valence-electron chi connectivity index (χ1n) is 10.1. The zero-order chi connectivity index (χ0) is 22.2. The third-order valence-electron chi connectivity index (χ3n) is 6.17. The summed E-state index contributed by atoms with van der Waals surface area (Å²) in [7, 11) is 0. The lowest BCUT2D eigenvalue weighted by Crippen LogP contribution is -2.46. The van der Waals surface area contributed by atoms with Gasteiger partial charge in [0.2, 0.25) is 5.91 Å². The molecule has 9 nitrogen and oxygen atoms in total.